The second-order valence-electron chi connectivity index (χ2n) is 5.94. The van der Waals surface area contributed by atoms with Gasteiger partial charge in [-0.15, -0.1) is 0 Å². The van der Waals surface area contributed by atoms with Crippen molar-refractivity contribution in [3.63, 3.8) is 0 Å². The third kappa shape index (κ3) is 3.25. The normalized spacial score (nSPS) is 18.5. The summed E-state index contributed by atoms with van der Waals surface area (Å²) >= 11 is 0. The van der Waals surface area contributed by atoms with Crippen LogP contribution in [0.3, 0.4) is 0 Å². The molecule has 1 aromatic rings. The average molecular weight is 291 g/mol. The quantitative estimate of drug-likeness (QED) is 0.832. The maximum Gasteiger partial charge on any atom is 0.319 e. The minimum atomic E-state index is 0.0532. The summed E-state index contributed by atoms with van der Waals surface area (Å²) in [5.41, 5.74) is 2.14. The standard InChI is InChI=1S/C15H25N5O/c1-11-12(2)16-10-17-14(11)20-8-6-7-13(9-20)19(5)15(21)18(3)4/h10,13H,6-9H2,1-5H3. The molecule has 0 saturated carbocycles. The molecule has 1 aliphatic rings. The molecule has 116 valence electrons. The second-order valence-corrected chi connectivity index (χ2v) is 5.94. The Morgan fingerprint density at radius 2 is 2.00 bits per heavy atom. The molecule has 0 bridgehead atoms. The fourth-order valence-electron chi connectivity index (χ4n) is 2.78. The molecular weight excluding hydrogens is 266 g/mol. The van der Waals surface area contributed by atoms with Crippen LogP contribution in [-0.2, 0) is 0 Å². The highest BCUT2D eigenvalue weighted by molar-refractivity contribution is 5.74. The van der Waals surface area contributed by atoms with Crippen LogP contribution < -0.4 is 4.90 Å². The number of aryl methyl sites for hydroxylation is 1. The van der Waals surface area contributed by atoms with Crippen LogP contribution in [0.5, 0.6) is 0 Å². The summed E-state index contributed by atoms with van der Waals surface area (Å²) in [5, 5.41) is 0. The highest BCUT2D eigenvalue weighted by atomic mass is 16.2. The SMILES string of the molecule is Cc1ncnc(N2CCCC(N(C)C(=O)N(C)C)C2)c1C. The number of aromatic nitrogens is 2. The van der Waals surface area contributed by atoms with Crippen LogP contribution in [0.4, 0.5) is 10.6 Å². The fraction of sp³-hybridized carbons (Fsp3) is 0.667. The van der Waals surface area contributed by atoms with E-state index in [-0.39, 0.29) is 12.1 Å². The molecule has 2 amide bonds. The van der Waals surface area contributed by atoms with Crippen molar-refractivity contribution in [1.82, 2.24) is 19.8 Å². The molecule has 0 aromatic carbocycles. The predicted molar refractivity (Wildman–Crippen MR) is 83.6 cm³/mol. The van der Waals surface area contributed by atoms with E-state index in [9.17, 15) is 4.79 Å². The van der Waals surface area contributed by atoms with Crippen molar-refractivity contribution in [3.8, 4) is 0 Å². The smallest absolute Gasteiger partial charge is 0.319 e. The largest absolute Gasteiger partial charge is 0.354 e. The van der Waals surface area contributed by atoms with E-state index in [1.807, 2.05) is 18.9 Å². The first kappa shape index (κ1) is 15.5. The van der Waals surface area contributed by atoms with Crippen LogP contribution in [0.25, 0.3) is 0 Å². The third-order valence-electron chi connectivity index (χ3n) is 4.24. The molecule has 6 heteroatoms. The van der Waals surface area contributed by atoms with Gasteiger partial charge >= 0.3 is 6.03 Å². The lowest BCUT2D eigenvalue weighted by molar-refractivity contribution is 0.157. The van der Waals surface area contributed by atoms with Crippen molar-refractivity contribution in [2.24, 2.45) is 0 Å². The summed E-state index contributed by atoms with van der Waals surface area (Å²) in [5.74, 6) is 0.998. The monoisotopic (exact) mass is 291 g/mol. The van der Waals surface area contributed by atoms with Gasteiger partial charge in [-0.05, 0) is 26.7 Å². The molecule has 21 heavy (non-hydrogen) atoms. The Kier molecular flexibility index (Phi) is 4.65. The van der Waals surface area contributed by atoms with Crippen molar-refractivity contribution in [3.05, 3.63) is 17.6 Å². The molecule has 2 heterocycles. The predicted octanol–water partition coefficient (Wildman–Crippen LogP) is 1.68. The van der Waals surface area contributed by atoms with Crippen LogP contribution in [0.1, 0.15) is 24.1 Å². The number of anilines is 1. The number of piperidine rings is 1. The number of hydrogen-bond donors (Lipinski definition) is 0. The van der Waals surface area contributed by atoms with E-state index >= 15 is 0 Å². The molecule has 1 fully saturated rings. The average Bonchev–Trinajstić information content (AvgIpc) is 2.48. The van der Waals surface area contributed by atoms with Crippen molar-refractivity contribution in [2.75, 3.05) is 39.1 Å². The van der Waals surface area contributed by atoms with Crippen LogP contribution in [-0.4, -0.2) is 66.1 Å². The first-order valence-corrected chi connectivity index (χ1v) is 7.39. The molecule has 1 atom stereocenters. The molecule has 0 spiro atoms. The zero-order valence-corrected chi connectivity index (χ0v) is 13.6. The molecule has 0 radical (unpaired) electrons. The molecular formula is C15H25N5O. The first-order valence-electron chi connectivity index (χ1n) is 7.39. The number of amides is 2. The lowest BCUT2D eigenvalue weighted by Gasteiger charge is -2.39. The van der Waals surface area contributed by atoms with E-state index in [0.29, 0.717) is 0 Å². The van der Waals surface area contributed by atoms with E-state index in [1.54, 1.807) is 25.3 Å². The van der Waals surface area contributed by atoms with Crippen molar-refractivity contribution < 1.29 is 4.79 Å². The van der Waals surface area contributed by atoms with Gasteiger partial charge in [0.2, 0.25) is 0 Å². The minimum absolute atomic E-state index is 0.0532. The summed E-state index contributed by atoms with van der Waals surface area (Å²) in [7, 11) is 5.46. The number of carbonyl (C=O) groups is 1. The molecule has 0 aliphatic carbocycles. The summed E-state index contributed by atoms with van der Waals surface area (Å²) in [6.45, 7) is 5.87. The number of urea groups is 1. The Hall–Kier alpha value is -1.85. The van der Waals surface area contributed by atoms with Crippen LogP contribution in [0, 0.1) is 13.8 Å². The zero-order chi connectivity index (χ0) is 15.6. The maximum absolute atomic E-state index is 12.1. The van der Waals surface area contributed by atoms with E-state index in [1.165, 1.54) is 0 Å². The number of rotatable bonds is 2. The minimum Gasteiger partial charge on any atom is -0.354 e. The second kappa shape index (κ2) is 6.28. The highest BCUT2D eigenvalue weighted by Crippen LogP contribution is 2.24. The fourth-order valence-corrected chi connectivity index (χ4v) is 2.78. The van der Waals surface area contributed by atoms with Gasteiger partial charge < -0.3 is 14.7 Å². The van der Waals surface area contributed by atoms with Gasteiger partial charge in [-0.3, -0.25) is 0 Å². The van der Waals surface area contributed by atoms with Gasteiger partial charge in [0.15, 0.2) is 0 Å². The maximum atomic E-state index is 12.1. The van der Waals surface area contributed by atoms with Crippen LogP contribution >= 0.6 is 0 Å². The summed E-state index contributed by atoms with van der Waals surface area (Å²) < 4.78 is 0. The number of hydrogen-bond acceptors (Lipinski definition) is 4. The summed E-state index contributed by atoms with van der Waals surface area (Å²) in [4.78, 5) is 26.5. The lowest BCUT2D eigenvalue weighted by atomic mass is 10.0. The van der Waals surface area contributed by atoms with Crippen molar-refractivity contribution >= 4 is 11.8 Å². The van der Waals surface area contributed by atoms with Crippen molar-refractivity contribution in [1.29, 1.82) is 0 Å². The Balaban J connectivity index is 2.14. The molecule has 1 unspecified atom stereocenters. The van der Waals surface area contributed by atoms with E-state index in [2.05, 4.69) is 21.8 Å². The van der Waals surface area contributed by atoms with Crippen LogP contribution in [0.2, 0.25) is 0 Å². The lowest BCUT2D eigenvalue weighted by Crippen LogP contribution is -2.51. The topological polar surface area (TPSA) is 52.6 Å². The highest BCUT2D eigenvalue weighted by Gasteiger charge is 2.28. The Bertz CT molecular complexity index is 517. The van der Waals surface area contributed by atoms with Gasteiger partial charge in [0.1, 0.15) is 12.1 Å². The van der Waals surface area contributed by atoms with Gasteiger partial charge in [0.25, 0.3) is 0 Å². The summed E-state index contributed by atoms with van der Waals surface area (Å²) in [6, 6.07) is 0.278. The molecule has 1 aliphatic heterocycles. The van der Waals surface area contributed by atoms with E-state index in [4.69, 9.17) is 0 Å². The Morgan fingerprint density at radius 1 is 1.29 bits per heavy atom. The van der Waals surface area contributed by atoms with E-state index < -0.39 is 0 Å². The number of carbonyl (C=O) groups excluding carboxylic acids is 1. The van der Waals surface area contributed by atoms with Gasteiger partial charge in [0.05, 0.1) is 6.04 Å². The first-order chi connectivity index (χ1) is 9.91. The number of likely N-dealkylation sites (N-methyl/N-ethyl adjacent to an activating group) is 1. The third-order valence-corrected chi connectivity index (χ3v) is 4.24. The summed E-state index contributed by atoms with van der Waals surface area (Å²) in [6.07, 6.45) is 3.73. The van der Waals surface area contributed by atoms with E-state index in [0.717, 1.165) is 43.0 Å². The Labute approximate surface area is 126 Å². The zero-order valence-electron chi connectivity index (χ0n) is 13.6. The van der Waals surface area contributed by atoms with Crippen LogP contribution in [0.15, 0.2) is 6.33 Å². The molecule has 1 aromatic heterocycles. The molecule has 6 nitrogen and oxygen atoms in total. The molecule has 1 saturated heterocycles. The molecule has 2 rings (SSSR count). The van der Waals surface area contributed by atoms with Gasteiger partial charge in [0, 0.05) is 45.5 Å². The number of nitrogens with zero attached hydrogens (tertiary/aromatic N) is 5. The van der Waals surface area contributed by atoms with Crippen molar-refractivity contribution in [2.45, 2.75) is 32.7 Å². The molecule has 0 N–H and O–H groups in total. The van der Waals surface area contributed by atoms with Gasteiger partial charge in [-0.2, -0.15) is 0 Å². The van der Waals surface area contributed by atoms with Gasteiger partial charge in [-0.25, -0.2) is 14.8 Å². The Morgan fingerprint density at radius 3 is 2.67 bits per heavy atom. The van der Waals surface area contributed by atoms with Gasteiger partial charge in [-0.1, -0.05) is 0 Å².